The number of aromatic nitrogens is 2. The van der Waals surface area contributed by atoms with E-state index in [9.17, 15) is 8.78 Å². The number of halogens is 2. The van der Waals surface area contributed by atoms with E-state index in [4.69, 9.17) is 0 Å². The first-order valence-electron chi connectivity index (χ1n) is 8.49. The molecule has 26 heavy (non-hydrogen) atoms. The van der Waals surface area contributed by atoms with Crippen LogP contribution in [0.25, 0.3) is 0 Å². The van der Waals surface area contributed by atoms with Gasteiger partial charge in [-0.2, -0.15) is 0 Å². The van der Waals surface area contributed by atoms with Gasteiger partial charge < -0.3 is 14.5 Å². The number of rotatable bonds is 5. The topological polar surface area (TPSA) is 44.3 Å². The minimum Gasteiger partial charge on any atom is -0.370 e. The predicted octanol–water partition coefficient (Wildman–Crippen LogP) is 3.79. The molecule has 0 spiro atoms. The van der Waals surface area contributed by atoms with Crippen LogP contribution in [0, 0.1) is 11.6 Å². The van der Waals surface area contributed by atoms with Crippen molar-refractivity contribution >= 4 is 23.5 Å². The number of nitrogens with zero attached hydrogens (tertiary/aromatic N) is 4. The maximum Gasteiger partial charge on any atom is 0.143 e. The fourth-order valence-corrected chi connectivity index (χ4v) is 3.73. The summed E-state index contributed by atoms with van der Waals surface area (Å²) in [4.78, 5) is 12.0. The standard InChI is InChI=1S/C18H23F2N5S/c1-18(24(2)3)6-4-8-25(11-18)13-9-14(19)17(15(20)10-13)26-23-16-5-7-21-12-22-16/h5,7,9-10,12H,4,6,8,11H2,1-3H3,(H,21,22,23). The largest absolute Gasteiger partial charge is 0.370 e. The molecule has 0 bridgehead atoms. The maximum absolute atomic E-state index is 14.5. The quantitative estimate of drug-likeness (QED) is 0.798. The number of nitrogens with one attached hydrogen (secondary N) is 1. The van der Waals surface area contributed by atoms with E-state index in [1.165, 1.54) is 18.5 Å². The van der Waals surface area contributed by atoms with Gasteiger partial charge in [0.1, 0.15) is 28.7 Å². The van der Waals surface area contributed by atoms with Crippen molar-refractivity contribution in [3.8, 4) is 0 Å². The highest BCUT2D eigenvalue weighted by Crippen LogP contribution is 2.33. The molecule has 0 aliphatic carbocycles. The smallest absolute Gasteiger partial charge is 0.143 e. The summed E-state index contributed by atoms with van der Waals surface area (Å²) in [5.41, 5.74) is 0.576. The lowest BCUT2D eigenvalue weighted by Gasteiger charge is -2.45. The Morgan fingerprint density at radius 3 is 2.62 bits per heavy atom. The van der Waals surface area contributed by atoms with Crippen molar-refractivity contribution in [1.82, 2.24) is 14.9 Å². The van der Waals surface area contributed by atoms with E-state index < -0.39 is 11.6 Å². The van der Waals surface area contributed by atoms with Gasteiger partial charge in [-0.15, -0.1) is 0 Å². The zero-order valence-electron chi connectivity index (χ0n) is 15.2. The Balaban J connectivity index is 1.76. The van der Waals surface area contributed by atoms with Crippen LogP contribution in [0.5, 0.6) is 0 Å². The maximum atomic E-state index is 14.5. The van der Waals surface area contributed by atoms with Gasteiger partial charge in [-0.3, -0.25) is 0 Å². The first-order chi connectivity index (χ1) is 12.4. The summed E-state index contributed by atoms with van der Waals surface area (Å²) in [6.45, 7) is 3.72. The Bertz CT molecular complexity index is 735. The van der Waals surface area contributed by atoms with Crippen LogP contribution in [-0.2, 0) is 0 Å². The second-order valence-electron chi connectivity index (χ2n) is 6.95. The molecule has 8 heteroatoms. The Morgan fingerprint density at radius 1 is 1.27 bits per heavy atom. The van der Waals surface area contributed by atoms with Crippen LogP contribution >= 0.6 is 11.9 Å². The summed E-state index contributed by atoms with van der Waals surface area (Å²) in [6, 6.07) is 4.45. The normalized spacial score (nSPS) is 20.5. The van der Waals surface area contributed by atoms with Crippen LogP contribution in [0.15, 0.2) is 35.6 Å². The van der Waals surface area contributed by atoms with E-state index in [-0.39, 0.29) is 10.4 Å². The number of likely N-dealkylation sites (N-methyl/N-ethyl adjacent to an activating group) is 1. The van der Waals surface area contributed by atoms with Crippen LogP contribution in [0.1, 0.15) is 19.8 Å². The molecule has 1 aliphatic rings. The van der Waals surface area contributed by atoms with Gasteiger partial charge in [0.05, 0.1) is 0 Å². The summed E-state index contributed by atoms with van der Waals surface area (Å²) < 4.78 is 31.9. The monoisotopic (exact) mass is 379 g/mol. The molecular weight excluding hydrogens is 356 g/mol. The van der Waals surface area contributed by atoms with Crippen molar-refractivity contribution in [2.45, 2.75) is 30.2 Å². The number of hydrogen-bond acceptors (Lipinski definition) is 6. The fourth-order valence-electron chi connectivity index (χ4n) is 3.09. The summed E-state index contributed by atoms with van der Waals surface area (Å²) in [7, 11) is 4.09. The zero-order chi connectivity index (χ0) is 18.7. The molecule has 1 saturated heterocycles. The first-order valence-corrected chi connectivity index (χ1v) is 9.31. The number of hydrogen-bond donors (Lipinski definition) is 1. The molecule has 5 nitrogen and oxygen atoms in total. The summed E-state index contributed by atoms with van der Waals surface area (Å²) >= 11 is 0.870. The second kappa shape index (κ2) is 7.75. The lowest BCUT2D eigenvalue weighted by Crippen LogP contribution is -2.54. The molecule has 0 amide bonds. The van der Waals surface area contributed by atoms with Crippen LogP contribution in [0.2, 0.25) is 0 Å². The highest BCUT2D eigenvalue weighted by atomic mass is 32.2. The van der Waals surface area contributed by atoms with Crippen molar-refractivity contribution in [2.24, 2.45) is 0 Å². The van der Waals surface area contributed by atoms with Crippen molar-refractivity contribution in [1.29, 1.82) is 0 Å². The lowest BCUT2D eigenvalue weighted by atomic mass is 9.89. The molecule has 3 rings (SSSR count). The average Bonchev–Trinajstić information content (AvgIpc) is 2.61. The SMILES string of the molecule is CN(C)C1(C)CCCN(c2cc(F)c(SNc3ccncn3)c(F)c2)C1. The molecule has 1 aromatic heterocycles. The molecule has 1 aliphatic heterocycles. The Hall–Kier alpha value is -1.93. The molecule has 1 atom stereocenters. The minimum absolute atomic E-state index is 0.00675. The van der Waals surface area contributed by atoms with Gasteiger partial charge >= 0.3 is 0 Å². The van der Waals surface area contributed by atoms with Crippen LogP contribution in [-0.4, -0.2) is 47.6 Å². The van der Waals surface area contributed by atoms with Gasteiger partial charge in [-0.05, 0) is 64.0 Å². The lowest BCUT2D eigenvalue weighted by molar-refractivity contribution is 0.147. The van der Waals surface area contributed by atoms with Gasteiger partial charge in [0.15, 0.2) is 0 Å². The molecule has 2 heterocycles. The number of anilines is 2. The molecule has 140 valence electrons. The molecule has 1 fully saturated rings. The van der Waals surface area contributed by atoms with Gasteiger partial charge in [-0.1, -0.05) is 0 Å². The molecular formula is C18H23F2N5S. The fraction of sp³-hybridized carbons (Fsp3) is 0.444. The van der Waals surface area contributed by atoms with Gasteiger partial charge in [0.25, 0.3) is 0 Å². The molecule has 1 N–H and O–H groups in total. The van der Waals surface area contributed by atoms with E-state index >= 15 is 0 Å². The highest BCUT2D eigenvalue weighted by Gasteiger charge is 2.33. The number of piperidine rings is 1. The Kier molecular flexibility index (Phi) is 5.62. The molecule has 2 aromatic rings. The number of benzene rings is 1. The van der Waals surface area contributed by atoms with E-state index in [1.807, 2.05) is 14.1 Å². The van der Waals surface area contributed by atoms with Crippen LogP contribution in [0.4, 0.5) is 20.3 Å². The highest BCUT2D eigenvalue weighted by molar-refractivity contribution is 8.00. The predicted molar refractivity (Wildman–Crippen MR) is 101 cm³/mol. The molecule has 1 aromatic carbocycles. The second-order valence-corrected chi connectivity index (χ2v) is 7.77. The van der Waals surface area contributed by atoms with Gasteiger partial charge in [0, 0.05) is 30.5 Å². The van der Waals surface area contributed by atoms with E-state index in [0.717, 1.165) is 37.9 Å². The zero-order valence-corrected chi connectivity index (χ0v) is 16.0. The minimum atomic E-state index is -0.580. The average molecular weight is 379 g/mol. The van der Waals surface area contributed by atoms with Crippen molar-refractivity contribution in [2.75, 3.05) is 36.8 Å². The van der Waals surface area contributed by atoms with E-state index in [0.29, 0.717) is 11.5 Å². The third-order valence-corrected chi connectivity index (χ3v) is 5.85. The Morgan fingerprint density at radius 2 is 2.00 bits per heavy atom. The van der Waals surface area contributed by atoms with Crippen LogP contribution < -0.4 is 9.62 Å². The van der Waals surface area contributed by atoms with E-state index in [2.05, 4.69) is 31.4 Å². The third kappa shape index (κ3) is 4.07. The van der Waals surface area contributed by atoms with Crippen LogP contribution in [0.3, 0.4) is 0 Å². The third-order valence-electron chi connectivity index (χ3n) is 4.94. The van der Waals surface area contributed by atoms with E-state index in [1.54, 1.807) is 12.3 Å². The van der Waals surface area contributed by atoms with Crippen molar-refractivity contribution < 1.29 is 8.78 Å². The molecule has 1 unspecified atom stereocenters. The molecule has 0 saturated carbocycles. The van der Waals surface area contributed by atoms with Crippen molar-refractivity contribution in [3.63, 3.8) is 0 Å². The summed E-state index contributed by atoms with van der Waals surface area (Å²) in [5, 5.41) is 0. The Labute approximate surface area is 157 Å². The molecule has 0 radical (unpaired) electrons. The summed E-state index contributed by atoms with van der Waals surface area (Å²) in [5.74, 6) is -0.668. The van der Waals surface area contributed by atoms with Gasteiger partial charge in [0.2, 0.25) is 0 Å². The first kappa shape index (κ1) is 18.8. The van der Waals surface area contributed by atoms with Crippen molar-refractivity contribution in [3.05, 3.63) is 42.4 Å². The van der Waals surface area contributed by atoms with Gasteiger partial charge in [-0.25, -0.2) is 18.7 Å². The summed E-state index contributed by atoms with van der Waals surface area (Å²) in [6.07, 6.45) is 4.99.